The van der Waals surface area contributed by atoms with Gasteiger partial charge >= 0.3 is 0 Å². The van der Waals surface area contributed by atoms with Crippen LogP contribution in [0.3, 0.4) is 0 Å². The molecule has 2 saturated heterocycles. The van der Waals surface area contributed by atoms with Crippen LogP contribution in [-0.2, 0) is 14.4 Å². The number of thioether (sulfide) groups is 1. The van der Waals surface area contributed by atoms with Crippen LogP contribution in [0.5, 0.6) is 0 Å². The molecule has 1 unspecified atom stereocenters. The summed E-state index contributed by atoms with van der Waals surface area (Å²) in [5.41, 5.74) is 1.60. The van der Waals surface area contributed by atoms with Crippen LogP contribution >= 0.6 is 11.8 Å². The molecule has 7 rings (SSSR count). The summed E-state index contributed by atoms with van der Waals surface area (Å²) < 4.78 is -0.855. The van der Waals surface area contributed by atoms with Gasteiger partial charge in [-0.05, 0) is 54.3 Å². The average Bonchev–Trinajstić information content (AvgIpc) is 3.34. The number of unbranched alkanes of at least 4 members (excludes halogenated alkanes) is 2. The number of anilines is 2. The van der Waals surface area contributed by atoms with Crippen molar-refractivity contribution < 1.29 is 19.5 Å². The van der Waals surface area contributed by atoms with Gasteiger partial charge in [-0.15, -0.1) is 11.8 Å². The molecule has 0 radical (unpaired) electrons. The van der Waals surface area contributed by atoms with Crippen LogP contribution in [0.1, 0.15) is 19.3 Å². The monoisotopic (exact) mass is 593 g/mol. The lowest BCUT2D eigenvalue weighted by atomic mass is 9.78. The number of carbonyl (C=O) groups excluding carboxylic acids is 3. The topological polar surface area (TPSA) is 81.2 Å². The second-order valence-corrected chi connectivity index (χ2v) is 13.2. The minimum Gasteiger partial charge on any atom is -0.396 e. The van der Waals surface area contributed by atoms with Crippen molar-refractivity contribution in [2.45, 2.75) is 35.3 Å². The fourth-order valence-electron chi connectivity index (χ4n) is 7.36. The highest BCUT2D eigenvalue weighted by Gasteiger charge is 2.71. The predicted octanol–water partition coefficient (Wildman–Crippen LogP) is 4.81. The lowest BCUT2D eigenvalue weighted by Gasteiger charge is -2.35. The first kappa shape index (κ1) is 27.9. The van der Waals surface area contributed by atoms with E-state index in [-0.39, 0.29) is 29.6 Å². The SMILES string of the molecule is O=C1C2N(CCCCCO)C(=O)[C@@H]3[C@@H]4C(=O)N(c5ccccc5)CC=C[C@@H]4S[C@]23C=CCN1c1ccc2ccccc2c1. The lowest BCUT2D eigenvalue weighted by Crippen LogP contribution is -2.53. The maximum absolute atomic E-state index is 14.7. The Morgan fingerprint density at radius 1 is 0.767 bits per heavy atom. The summed E-state index contributed by atoms with van der Waals surface area (Å²) in [5.74, 6) is -1.53. The molecule has 3 amide bonds. The molecule has 0 aromatic heterocycles. The van der Waals surface area contributed by atoms with Crippen molar-refractivity contribution in [3.8, 4) is 0 Å². The van der Waals surface area contributed by atoms with E-state index in [0.717, 1.165) is 28.6 Å². The molecule has 3 aromatic carbocycles. The molecule has 4 aliphatic rings. The molecule has 0 aliphatic carbocycles. The molecule has 0 saturated carbocycles. The van der Waals surface area contributed by atoms with Crippen molar-refractivity contribution in [3.63, 3.8) is 0 Å². The van der Waals surface area contributed by atoms with E-state index in [2.05, 4.69) is 18.2 Å². The molecule has 1 N–H and O–H groups in total. The number of hydrogen-bond acceptors (Lipinski definition) is 5. The van der Waals surface area contributed by atoms with Gasteiger partial charge in [0.05, 0.1) is 16.6 Å². The van der Waals surface area contributed by atoms with Crippen LogP contribution in [-0.4, -0.2) is 70.0 Å². The summed E-state index contributed by atoms with van der Waals surface area (Å²) in [6.45, 7) is 1.35. The average molecular weight is 594 g/mol. The van der Waals surface area contributed by atoms with Crippen molar-refractivity contribution in [3.05, 3.63) is 97.1 Å². The molecule has 5 atom stereocenters. The number of nitrogens with zero attached hydrogens (tertiary/aromatic N) is 3. The minimum atomic E-state index is -0.855. The number of fused-ring (bicyclic) bond motifs is 3. The summed E-state index contributed by atoms with van der Waals surface area (Å²) in [6, 6.07) is 23.0. The number of amides is 3. The molecular formula is C35H35N3O4S. The standard InChI is InChI=1S/C35H35N3O4S/c39-22-8-2-7-19-38-31-34(42)37(27-17-16-24-11-5-6-12-25(24)23-27)21-10-18-35(31)30(33(38)41)29-28(43-35)15-9-20-36(32(29)40)26-13-3-1-4-14-26/h1,3-6,9-18,23,28-31,39H,2,7-8,19-22H2/t28-,29+,30-,31?,35-/m0/s1. The maximum atomic E-state index is 14.7. The molecule has 2 fully saturated rings. The second-order valence-electron chi connectivity index (χ2n) is 11.8. The third-order valence-electron chi connectivity index (χ3n) is 9.33. The molecule has 7 nitrogen and oxygen atoms in total. The van der Waals surface area contributed by atoms with Crippen LogP contribution in [0.25, 0.3) is 10.8 Å². The summed E-state index contributed by atoms with van der Waals surface area (Å²) in [7, 11) is 0. The van der Waals surface area contributed by atoms with E-state index in [1.165, 1.54) is 0 Å². The molecule has 220 valence electrons. The van der Waals surface area contributed by atoms with Crippen molar-refractivity contribution in [2.75, 3.05) is 36.0 Å². The van der Waals surface area contributed by atoms with Gasteiger partial charge in [0.2, 0.25) is 11.8 Å². The molecule has 43 heavy (non-hydrogen) atoms. The number of hydrogen-bond donors (Lipinski definition) is 1. The zero-order chi connectivity index (χ0) is 29.6. The van der Waals surface area contributed by atoms with E-state index < -0.39 is 22.6 Å². The van der Waals surface area contributed by atoms with Crippen LogP contribution in [0.2, 0.25) is 0 Å². The summed E-state index contributed by atoms with van der Waals surface area (Å²) >= 11 is 1.61. The van der Waals surface area contributed by atoms with Crippen LogP contribution in [0, 0.1) is 11.8 Å². The van der Waals surface area contributed by atoms with E-state index in [1.807, 2.05) is 78.9 Å². The van der Waals surface area contributed by atoms with Gasteiger partial charge < -0.3 is 19.8 Å². The fraction of sp³-hybridized carbons (Fsp3) is 0.343. The Bertz CT molecular complexity index is 1620. The first-order valence-electron chi connectivity index (χ1n) is 15.1. The van der Waals surface area contributed by atoms with E-state index >= 15 is 0 Å². The fourth-order valence-corrected chi connectivity index (χ4v) is 9.37. The Kier molecular flexibility index (Phi) is 7.35. The quantitative estimate of drug-likeness (QED) is 0.314. The number of benzene rings is 3. The number of aliphatic hydroxyl groups is 1. The molecular weight excluding hydrogens is 558 g/mol. The van der Waals surface area contributed by atoms with E-state index in [9.17, 15) is 19.5 Å². The van der Waals surface area contributed by atoms with E-state index in [4.69, 9.17) is 0 Å². The predicted molar refractivity (Wildman–Crippen MR) is 171 cm³/mol. The Morgan fingerprint density at radius 2 is 1.51 bits per heavy atom. The number of aliphatic hydroxyl groups excluding tert-OH is 1. The van der Waals surface area contributed by atoms with Crippen LogP contribution in [0.15, 0.2) is 97.1 Å². The number of likely N-dealkylation sites (tertiary alicyclic amines) is 1. The van der Waals surface area contributed by atoms with Gasteiger partial charge in [-0.3, -0.25) is 14.4 Å². The highest BCUT2D eigenvalue weighted by molar-refractivity contribution is 8.02. The first-order chi connectivity index (χ1) is 21.0. The maximum Gasteiger partial charge on any atom is 0.251 e. The molecule has 8 heteroatoms. The van der Waals surface area contributed by atoms with Crippen molar-refractivity contribution in [1.82, 2.24) is 4.90 Å². The third-order valence-corrected chi connectivity index (χ3v) is 11.1. The van der Waals surface area contributed by atoms with Gasteiger partial charge in [0.25, 0.3) is 5.91 Å². The Labute approximate surface area is 255 Å². The molecule has 4 aliphatic heterocycles. The van der Waals surface area contributed by atoms with Crippen LogP contribution in [0.4, 0.5) is 11.4 Å². The summed E-state index contributed by atoms with van der Waals surface area (Å²) in [6.07, 6.45) is 10.3. The normalized spacial score (nSPS) is 28.2. The van der Waals surface area contributed by atoms with Crippen LogP contribution < -0.4 is 9.80 Å². The minimum absolute atomic E-state index is 0.0683. The smallest absolute Gasteiger partial charge is 0.251 e. The van der Waals surface area contributed by atoms with Gasteiger partial charge in [-0.2, -0.15) is 0 Å². The molecule has 1 spiro atoms. The Morgan fingerprint density at radius 3 is 2.33 bits per heavy atom. The van der Waals surface area contributed by atoms with Crippen molar-refractivity contribution in [2.24, 2.45) is 11.8 Å². The summed E-state index contributed by atoms with van der Waals surface area (Å²) in [5, 5.41) is 11.3. The number of para-hydroxylation sites is 1. The first-order valence-corrected chi connectivity index (χ1v) is 16.0. The van der Waals surface area contributed by atoms with Crippen molar-refractivity contribution in [1.29, 1.82) is 0 Å². The molecule has 3 aromatic rings. The Hall–Kier alpha value is -3.88. The van der Waals surface area contributed by atoms with Gasteiger partial charge in [0, 0.05) is 42.9 Å². The number of carbonyl (C=O) groups is 3. The van der Waals surface area contributed by atoms with E-state index in [0.29, 0.717) is 32.5 Å². The van der Waals surface area contributed by atoms with Gasteiger partial charge in [0.1, 0.15) is 6.04 Å². The second kappa shape index (κ2) is 11.3. The molecule has 0 bridgehead atoms. The van der Waals surface area contributed by atoms with E-state index in [1.54, 1.807) is 26.5 Å². The highest BCUT2D eigenvalue weighted by atomic mass is 32.2. The Balaban J connectivity index is 1.29. The zero-order valence-corrected chi connectivity index (χ0v) is 24.7. The van der Waals surface area contributed by atoms with Crippen molar-refractivity contribution >= 4 is 51.6 Å². The molecule has 4 heterocycles. The number of rotatable bonds is 7. The highest BCUT2D eigenvalue weighted by Crippen LogP contribution is 2.61. The third kappa shape index (κ3) is 4.59. The van der Waals surface area contributed by atoms with Gasteiger partial charge in [-0.25, -0.2) is 0 Å². The largest absolute Gasteiger partial charge is 0.396 e. The van der Waals surface area contributed by atoms with Gasteiger partial charge in [0.15, 0.2) is 0 Å². The zero-order valence-electron chi connectivity index (χ0n) is 23.9. The summed E-state index contributed by atoms with van der Waals surface area (Å²) in [4.78, 5) is 48.9. The van der Waals surface area contributed by atoms with Gasteiger partial charge in [-0.1, -0.05) is 72.8 Å². The lowest BCUT2D eigenvalue weighted by molar-refractivity contribution is -0.138.